The molecule has 2 aliphatic heterocycles. The fourth-order valence-electron chi connectivity index (χ4n) is 3.89. The molecule has 29 heavy (non-hydrogen) atoms. The highest BCUT2D eigenvalue weighted by molar-refractivity contribution is 7.90. The minimum atomic E-state index is -3.66. The molecule has 4 rings (SSSR count). The Morgan fingerprint density at radius 3 is 2.69 bits per heavy atom. The number of nitrogens with one attached hydrogen (secondary N) is 2. The monoisotopic (exact) mass is 412 g/mol. The SMILES string of the molecule is CCN1CCCC1CNC(=O)c1ccc(NC2=NS(=O)(=O)c3ccccc32)cc1. The second-order valence-corrected chi connectivity index (χ2v) is 8.82. The van der Waals surface area contributed by atoms with Gasteiger partial charge in [-0.15, -0.1) is 4.40 Å². The predicted octanol–water partition coefficient (Wildman–Crippen LogP) is 2.46. The third-order valence-corrected chi connectivity index (χ3v) is 6.78. The number of amidine groups is 1. The number of likely N-dealkylation sites (N-methyl/N-ethyl adjacent to an activating group) is 1. The van der Waals surface area contributed by atoms with Crippen LogP contribution in [0.25, 0.3) is 0 Å². The topological polar surface area (TPSA) is 90.9 Å². The van der Waals surface area contributed by atoms with E-state index in [4.69, 9.17) is 0 Å². The van der Waals surface area contributed by atoms with Crippen LogP contribution >= 0.6 is 0 Å². The molecule has 0 spiro atoms. The molecule has 8 heteroatoms. The van der Waals surface area contributed by atoms with Crippen LogP contribution in [0, 0.1) is 0 Å². The summed E-state index contributed by atoms with van der Waals surface area (Å²) >= 11 is 0. The van der Waals surface area contributed by atoms with Crippen molar-refractivity contribution in [2.45, 2.75) is 30.7 Å². The van der Waals surface area contributed by atoms with Gasteiger partial charge in [0.1, 0.15) is 4.90 Å². The lowest BCUT2D eigenvalue weighted by Crippen LogP contribution is -2.40. The van der Waals surface area contributed by atoms with Crippen LogP contribution in [0.15, 0.2) is 57.8 Å². The highest BCUT2D eigenvalue weighted by Crippen LogP contribution is 2.26. The molecule has 2 aromatic rings. The van der Waals surface area contributed by atoms with Gasteiger partial charge in [-0.3, -0.25) is 9.69 Å². The molecule has 1 fully saturated rings. The van der Waals surface area contributed by atoms with Gasteiger partial charge < -0.3 is 10.6 Å². The number of hydrogen-bond acceptors (Lipinski definition) is 5. The van der Waals surface area contributed by atoms with Crippen molar-refractivity contribution in [1.29, 1.82) is 0 Å². The fraction of sp³-hybridized carbons (Fsp3) is 0.333. The van der Waals surface area contributed by atoms with Gasteiger partial charge in [-0.25, -0.2) is 0 Å². The van der Waals surface area contributed by atoms with Crippen LogP contribution in [0.2, 0.25) is 0 Å². The summed E-state index contributed by atoms with van der Waals surface area (Å²) < 4.78 is 28.1. The highest BCUT2D eigenvalue weighted by atomic mass is 32.2. The van der Waals surface area contributed by atoms with Crippen molar-refractivity contribution in [2.75, 3.05) is 25.0 Å². The van der Waals surface area contributed by atoms with Gasteiger partial charge in [-0.05, 0) is 62.3 Å². The Morgan fingerprint density at radius 2 is 1.93 bits per heavy atom. The van der Waals surface area contributed by atoms with Crippen molar-refractivity contribution in [3.05, 3.63) is 59.7 Å². The lowest BCUT2D eigenvalue weighted by Gasteiger charge is -2.22. The molecule has 152 valence electrons. The number of hydrogen-bond donors (Lipinski definition) is 2. The van der Waals surface area contributed by atoms with Crippen molar-refractivity contribution in [3.63, 3.8) is 0 Å². The van der Waals surface area contributed by atoms with Gasteiger partial charge >= 0.3 is 0 Å². The number of amides is 1. The van der Waals surface area contributed by atoms with Crippen molar-refractivity contribution in [3.8, 4) is 0 Å². The number of sulfonamides is 1. The summed E-state index contributed by atoms with van der Waals surface area (Å²) in [5, 5.41) is 6.06. The number of likely N-dealkylation sites (tertiary alicyclic amines) is 1. The third-order valence-electron chi connectivity index (χ3n) is 5.44. The van der Waals surface area contributed by atoms with Crippen LogP contribution in [0.3, 0.4) is 0 Å². The third kappa shape index (κ3) is 4.04. The Labute approximate surface area is 170 Å². The van der Waals surface area contributed by atoms with E-state index in [1.165, 1.54) is 6.42 Å². The first-order valence-electron chi connectivity index (χ1n) is 9.81. The summed E-state index contributed by atoms with van der Waals surface area (Å²) in [6.45, 7) is 4.89. The molecule has 0 aliphatic carbocycles. The molecule has 2 N–H and O–H groups in total. The van der Waals surface area contributed by atoms with Gasteiger partial charge in [-0.1, -0.05) is 19.1 Å². The van der Waals surface area contributed by atoms with Gasteiger partial charge in [0.15, 0.2) is 5.84 Å². The molecule has 1 unspecified atom stereocenters. The van der Waals surface area contributed by atoms with Crippen molar-refractivity contribution in [2.24, 2.45) is 4.40 Å². The van der Waals surface area contributed by atoms with Gasteiger partial charge in [-0.2, -0.15) is 8.42 Å². The Kier molecular flexibility index (Phi) is 5.38. The molecular formula is C21H24N4O3S. The number of rotatable bonds is 5. The van der Waals surface area contributed by atoms with E-state index in [1.807, 2.05) is 0 Å². The van der Waals surface area contributed by atoms with E-state index < -0.39 is 10.0 Å². The number of carbonyl (C=O) groups is 1. The quantitative estimate of drug-likeness (QED) is 0.787. The maximum absolute atomic E-state index is 12.4. The van der Waals surface area contributed by atoms with Crippen molar-refractivity contribution in [1.82, 2.24) is 10.2 Å². The molecule has 0 bridgehead atoms. The molecule has 2 heterocycles. The maximum atomic E-state index is 12.4. The molecule has 0 radical (unpaired) electrons. The molecule has 1 amide bonds. The number of benzene rings is 2. The smallest absolute Gasteiger partial charge is 0.285 e. The molecule has 2 aromatic carbocycles. The van der Waals surface area contributed by atoms with Crippen LogP contribution in [0.4, 0.5) is 5.69 Å². The summed E-state index contributed by atoms with van der Waals surface area (Å²) in [6.07, 6.45) is 2.29. The zero-order valence-electron chi connectivity index (χ0n) is 16.3. The Balaban J connectivity index is 1.40. The van der Waals surface area contributed by atoms with Gasteiger partial charge in [0.2, 0.25) is 0 Å². The first kappa shape index (κ1) is 19.6. The lowest BCUT2D eigenvalue weighted by atomic mass is 10.1. The molecule has 1 saturated heterocycles. The van der Waals surface area contributed by atoms with E-state index >= 15 is 0 Å². The summed E-state index contributed by atoms with van der Waals surface area (Å²) in [4.78, 5) is 15.0. The number of fused-ring (bicyclic) bond motifs is 1. The summed E-state index contributed by atoms with van der Waals surface area (Å²) in [5.74, 6) is 0.185. The zero-order chi connectivity index (χ0) is 20.4. The molecule has 7 nitrogen and oxygen atoms in total. The lowest BCUT2D eigenvalue weighted by molar-refractivity contribution is 0.0941. The van der Waals surface area contributed by atoms with Gasteiger partial charge in [0.05, 0.1) is 0 Å². The molecule has 0 saturated carbocycles. The van der Waals surface area contributed by atoms with E-state index in [0.717, 1.165) is 19.5 Å². The van der Waals surface area contributed by atoms with E-state index in [9.17, 15) is 13.2 Å². The van der Waals surface area contributed by atoms with E-state index in [1.54, 1.807) is 48.5 Å². The number of nitrogens with zero attached hydrogens (tertiary/aromatic N) is 2. The van der Waals surface area contributed by atoms with Crippen molar-refractivity contribution >= 4 is 27.5 Å². The molecule has 0 aromatic heterocycles. The Hall–Kier alpha value is -2.71. The highest BCUT2D eigenvalue weighted by Gasteiger charge is 2.28. The van der Waals surface area contributed by atoms with Gasteiger partial charge in [0.25, 0.3) is 15.9 Å². The maximum Gasteiger partial charge on any atom is 0.285 e. The number of anilines is 1. The Bertz CT molecular complexity index is 1050. The van der Waals surface area contributed by atoms with Crippen LogP contribution in [-0.4, -0.2) is 50.7 Å². The molecular weight excluding hydrogens is 388 g/mol. The summed E-state index contributed by atoms with van der Waals surface area (Å²) in [7, 11) is -3.66. The van der Waals surface area contributed by atoms with E-state index in [0.29, 0.717) is 35.2 Å². The predicted molar refractivity (Wildman–Crippen MR) is 113 cm³/mol. The molecule has 1 atom stereocenters. The minimum absolute atomic E-state index is 0.106. The second-order valence-electron chi connectivity index (χ2n) is 7.25. The van der Waals surface area contributed by atoms with Crippen LogP contribution < -0.4 is 10.6 Å². The zero-order valence-corrected chi connectivity index (χ0v) is 17.1. The van der Waals surface area contributed by atoms with Gasteiger partial charge in [0, 0.05) is 29.4 Å². The largest absolute Gasteiger partial charge is 0.350 e. The van der Waals surface area contributed by atoms with Crippen LogP contribution in [-0.2, 0) is 10.0 Å². The van der Waals surface area contributed by atoms with Crippen molar-refractivity contribution < 1.29 is 13.2 Å². The summed E-state index contributed by atoms with van der Waals surface area (Å²) in [5.41, 5.74) is 1.78. The first-order chi connectivity index (χ1) is 14.0. The average Bonchev–Trinajstić information content (AvgIpc) is 3.29. The Morgan fingerprint density at radius 1 is 1.17 bits per heavy atom. The minimum Gasteiger partial charge on any atom is -0.350 e. The first-order valence-corrected chi connectivity index (χ1v) is 11.3. The fourth-order valence-corrected chi connectivity index (χ4v) is 5.07. The number of carbonyl (C=O) groups excluding carboxylic acids is 1. The summed E-state index contributed by atoms with van der Waals surface area (Å²) in [6, 6.07) is 14.1. The normalized spacial score (nSPS) is 20.2. The second kappa shape index (κ2) is 7.96. The van der Waals surface area contributed by atoms with E-state index in [2.05, 4.69) is 26.9 Å². The van der Waals surface area contributed by atoms with Crippen LogP contribution in [0.5, 0.6) is 0 Å². The van der Waals surface area contributed by atoms with Crippen LogP contribution in [0.1, 0.15) is 35.7 Å². The average molecular weight is 413 g/mol. The molecule has 2 aliphatic rings. The van der Waals surface area contributed by atoms with E-state index in [-0.39, 0.29) is 10.8 Å². The standard InChI is InChI=1S/C21H24N4O3S/c1-2-25-13-5-6-17(25)14-22-21(26)15-9-11-16(12-10-15)23-20-18-7-3-4-8-19(18)29(27,28)24-20/h3-4,7-12,17H,2,5-6,13-14H2,1H3,(H,22,26)(H,23,24).